The predicted octanol–water partition coefficient (Wildman–Crippen LogP) is 1.16. The minimum Gasteiger partial charge on any atom is -0.390 e. The van der Waals surface area contributed by atoms with Crippen LogP contribution in [0.15, 0.2) is 0 Å². The van der Waals surface area contributed by atoms with E-state index in [1.165, 1.54) is 0 Å². The van der Waals surface area contributed by atoms with Crippen molar-refractivity contribution >= 4 is 0 Å². The molecule has 1 aliphatic carbocycles. The fraction of sp³-hybridized carbons (Fsp3) is 1.00. The Morgan fingerprint density at radius 3 is 2.18 bits per heavy atom. The minimum atomic E-state index is -0.520. The van der Waals surface area contributed by atoms with Crippen LogP contribution < -0.4 is 0 Å². The summed E-state index contributed by atoms with van der Waals surface area (Å²) in [6.45, 7) is 6.27. The van der Waals surface area contributed by atoms with Crippen molar-refractivity contribution in [3.8, 4) is 0 Å². The predicted molar refractivity (Wildman–Crippen MR) is 44.2 cm³/mol. The average molecular weight is 158 g/mol. The van der Waals surface area contributed by atoms with Crippen LogP contribution >= 0.6 is 0 Å². The van der Waals surface area contributed by atoms with Crippen LogP contribution in [0.2, 0.25) is 0 Å². The van der Waals surface area contributed by atoms with Gasteiger partial charge in [0.15, 0.2) is 0 Å². The van der Waals surface area contributed by atoms with Crippen molar-refractivity contribution in [1.82, 2.24) is 0 Å². The van der Waals surface area contributed by atoms with Gasteiger partial charge in [0.2, 0.25) is 0 Å². The van der Waals surface area contributed by atoms with Gasteiger partial charge in [-0.25, -0.2) is 0 Å². The zero-order valence-corrected chi connectivity index (χ0v) is 7.54. The first kappa shape index (κ1) is 9.01. The van der Waals surface area contributed by atoms with Crippen molar-refractivity contribution in [2.24, 2.45) is 11.3 Å². The van der Waals surface area contributed by atoms with E-state index in [2.05, 4.69) is 13.8 Å². The number of rotatable bonds is 0. The first-order valence-corrected chi connectivity index (χ1v) is 4.28. The van der Waals surface area contributed by atoms with Gasteiger partial charge in [-0.1, -0.05) is 20.8 Å². The van der Waals surface area contributed by atoms with Gasteiger partial charge in [-0.05, 0) is 24.2 Å². The molecule has 1 fully saturated rings. The Morgan fingerprint density at radius 1 is 1.18 bits per heavy atom. The molecule has 0 heterocycles. The van der Waals surface area contributed by atoms with Crippen molar-refractivity contribution in [3.05, 3.63) is 0 Å². The maximum Gasteiger partial charge on any atom is 0.0824 e. The van der Waals surface area contributed by atoms with Gasteiger partial charge in [0.05, 0.1) is 12.2 Å². The molecule has 0 spiro atoms. The fourth-order valence-electron chi connectivity index (χ4n) is 2.14. The summed E-state index contributed by atoms with van der Waals surface area (Å²) in [6, 6.07) is 0. The van der Waals surface area contributed by atoms with Gasteiger partial charge in [0.1, 0.15) is 0 Å². The molecule has 0 aliphatic heterocycles. The molecule has 0 aromatic carbocycles. The second kappa shape index (κ2) is 2.76. The molecule has 0 aromatic heterocycles. The van der Waals surface area contributed by atoms with Gasteiger partial charge in [0, 0.05) is 0 Å². The van der Waals surface area contributed by atoms with Gasteiger partial charge in [-0.15, -0.1) is 0 Å². The summed E-state index contributed by atoms with van der Waals surface area (Å²) >= 11 is 0. The molecule has 2 N–H and O–H groups in total. The van der Waals surface area contributed by atoms with Gasteiger partial charge in [-0.3, -0.25) is 0 Å². The summed E-state index contributed by atoms with van der Waals surface area (Å²) in [7, 11) is 0. The van der Waals surface area contributed by atoms with Crippen LogP contribution in [0.5, 0.6) is 0 Å². The van der Waals surface area contributed by atoms with Crippen LogP contribution in [0, 0.1) is 11.3 Å². The number of aliphatic hydroxyl groups is 2. The third kappa shape index (κ3) is 1.94. The first-order valence-electron chi connectivity index (χ1n) is 4.28. The lowest BCUT2D eigenvalue weighted by atomic mass is 9.70. The van der Waals surface area contributed by atoms with Crippen molar-refractivity contribution in [1.29, 1.82) is 0 Å². The summed E-state index contributed by atoms with van der Waals surface area (Å²) in [5, 5.41) is 18.9. The smallest absolute Gasteiger partial charge is 0.0824 e. The lowest BCUT2D eigenvalue weighted by Gasteiger charge is -2.40. The molecule has 2 nitrogen and oxygen atoms in total. The highest BCUT2D eigenvalue weighted by Crippen LogP contribution is 2.38. The third-order valence-corrected chi connectivity index (χ3v) is 2.61. The van der Waals surface area contributed by atoms with Crippen LogP contribution in [0.1, 0.15) is 33.6 Å². The van der Waals surface area contributed by atoms with Crippen LogP contribution in [0.25, 0.3) is 0 Å². The van der Waals surface area contributed by atoms with Crippen LogP contribution in [0.4, 0.5) is 0 Å². The summed E-state index contributed by atoms with van der Waals surface area (Å²) in [4.78, 5) is 0. The normalized spacial score (nSPS) is 43.9. The van der Waals surface area contributed by atoms with E-state index in [1.807, 2.05) is 6.92 Å². The Kier molecular flexibility index (Phi) is 2.26. The molecule has 11 heavy (non-hydrogen) atoms. The highest BCUT2D eigenvalue weighted by atomic mass is 16.3. The Hall–Kier alpha value is -0.0800. The van der Waals surface area contributed by atoms with Gasteiger partial charge in [0.25, 0.3) is 0 Å². The molecule has 66 valence electrons. The molecule has 0 saturated heterocycles. The van der Waals surface area contributed by atoms with E-state index in [9.17, 15) is 10.2 Å². The SMILES string of the molecule is C[C@H]1CC(C)(C)C[C@H](O)[C@H]1O. The van der Waals surface area contributed by atoms with Crippen LogP contribution in [-0.2, 0) is 0 Å². The van der Waals surface area contributed by atoms with E-state index in [0.29, 0.717) is 0 Å². The lowest BCUT2D eigenvalue weighted by Crippen LogP contribution is -2.42. The Balaban J connectivity index is 2.62. The third-order valence-electron chi connectivity index (χ3n) is 2.61. The van der Waals surface area contributed by atoms with E-state index in [-0.39, 0.29) is 11.3 Å². The highest BCUT2D eigenvalue weighted by Gasteiger charge is 2.37. The minimum absolute atomic E-state index is 0.193. The molecule has 0 aromatic rings. The molecule has 0 amide bonds. The molecule has 1 saturated carbocycles. The van der Waals surface area contributed by atoms with Crippen molar-refractivity contribution in [2.75, 3.05) is 0 Å². The quantitative estimate of drug-likeness (QED) is 0.555. The van der Waals surface area contributed by atoms with Crippen molar-refractivity contribution < 1.29 is 10.2 Å². The Bertz CT molecular complexity index is 128. The lowest BCUT2D eigenvalue weighted by molar-refractivity contribution is -0.0755. The topological polar surface area (TPSA) is 40.5 Å². The summed E-state index contributed by atoms with van der Waals surface area (Å²) in [5.74, 6) is 0.230. The average Bonchev–Trinajstić information content (AvgIpc) is 1.81. The van der Waals surface area contributed by atoms with E-state index in [4.69, 9.17) is 0 Å². The van der Waals surface area contributed by atoms with E-state index < -0.39 is 12.2 Å². The molecule has 3 atom stereocenters. The van der Waals surface area contributed by atoms with Crippen molar-refractivity contribution in [3.63, 3.8) is 0 Å². The number of hydrogen-bond acceptors (Lipinski definition) is 2. The van der Waals surface area contributed by atoms with Gasteiger partial charge in [-0.2, -0.15) is 0 Å². The standard InChI is InChI=1S/C9H18O2/c1-6-4-9(2,3)5-7(10)8(6)11/h6-8,10-11H,4-5H2,1-3H3/t6-,7-,8-/m0/s1. The molecule has 2 heteroatoms. The highest BCUT2D eigenvalue weighted by molar-refractivity contribution is 4.88. The van der Waals surface area contributed by atoms with Crippen molar-refractivity contribution in [2.45, 2.75) is 45.8 Å². The maximum absolute atomic E-state index is 9.43. The molecule has 0 unspecified atom stereocenters. The second-order valence-corrected chi connectivity index (χ2v) is 4.61. The Labute approximate surface area is 68.2 Å². The zero-order valence-electron chi connectivity index (χ0n) is 7.54. The van der Waals surface area contributed by atoms with E-state index in [0.717, 1.165) is 12.8 Å². The molecule has 0 bridgehead atoms. The fourth-order valence-corrected chi connectivity index (χ4v) is 2.14. The largest absolute Gasteiger partial charge is 0.390 e. The molecular weight excluding hydrogens is 140 g/mol. The summed E-state index contributed by atoms with van der Waals surface area (Å²) in [5.41, 5.74) is 0.193. The van der Waals surface area contributed by atoms with Gasteiger partial charge < -0.3 is 10.2 Å². The first-order chi connectivity index (χ1) is 4.92. The summed E-state index contributed by atoms with van der Waals surface area (Å²) in [6.07, 6.45) is 0.695. The molecule has 0 radical (unpaired) electrons. The van der Waals surface area contributed by atoms with Crippen LogP contribution in [0.3, 0.4) is 0 Å². The molecule has 1 aliphatic rings. The number of hydrogen-bond donors (Lipinski definition) is 2. The van der Waals surface area contributed by atoms with Gasteiger partial charge >= 0.3 is 0 Å². The molecule has 1 rings (SSSR count). The maximum atomic E-state index is 9.43. The van der Waals surface area contributed by atoms with E-state index in [1.54, 1.807) is 0 Å². The number of aliphatic hydroxyl groups excluding tert-OH is 2. The van der Waals surface area contributed by atoms with E-state index >= 15 is 0 Å². The molecular formula is C9H18O2. The van der Waals surface area contributed by atoms with Crippen LogP contribution in [-0.4, -0.2) is 22.4 Å². The summed E-state index contributed by atoms with van der Waals surface area (Å²) < 4.78 is 0. The second-order valence-electron chi connectivity index (χ2n) is 4.61. The monoisotopic (exact) mass is 158 g/mol. The Morgan fingerprint density at radius 2 is 1.73 bits per heavy atom. The zero-order chi connectivity index (χ0) is 8.65.